The molecule has 3 nitrogen and oxygen atoms in total. The fourth-order valence-corrected chi connectivity index (χ4v) is 4.14. The lowest BCUT2D eigenvalue weighted by Crippen LogP contribution is -2.54. The molecule has 2 aliphatic rings. The number of aliphatic hydroxyl groups is 1. The quantitative estimate of drug-likeness (QED) is 0.879. The number of benzene rings is 2. The van der Waals surface area contributed by atoms with Crippen LogP contribution in [0.25, 0.3) is 0 Å². The van der Waals surface area contributed by atoms with Gasteiger partial charge in [0.25, 0.3) is 5.91 Å². The van der Waals surface area contributed by atoms with Gasteiger partial charge in [-0.1, -0.05) is 48.5 Å². The van der Waals surface area contributed by atoms with E-state index in [9.17, 15) is 9.90 Å². The standard InChI is InChI=1S/C20H21NO2/c22-19-17-11-5-4-8-15(17)14-20(23,16-9-2-1-3-10-16)18-12-6-7-13-21(18)19/h1-5,8-11,18,23H,6-7,12-14H2/t18-,20+/m0/s1. The third-order valence-corrected chi connectivity index (χ3v) is 5.30. The van der Waals surface area contributed by atoms with E-state index in [0.29, 0.717) is 6.42 Å². The fourth-order valence-electron chi connectivity index (χ4n) is 4.14. The topological polar surface area (TPSA) is 40.5 Å². The summed E-state index contributed by atoms with van der Waals surface area (Å²) in [5.41, 5.74) is 1.56. The van der Waals surface area contributed by atoms with Gasteiger partial charge in [-0.25, -0.2) is 0 Å². The molecule has 2 aliphatic heterocycles. The van der Waals surface area contributed by atoms with Gasteiger partial charge in [-0.2, -0.15) is 0 Å². The second kappa shape index (κ2) is 5.50. The molecule has 2 atom stereocenters. The molecular formula is C20H21NO2. The molecule has 0 bridgehead atoms. The van der Waals surface area contributed by atoms with Crippen LogP contribution in [-0.2, 0) is 12.0 Å². The smallest absolute Gasteiger partial charge is 0.254 e. The number of piperidine rings is 1. The molecular weight excluding hydrogens is 286 g/mol. The number of rotatable bonds is 1. The van der Waals surface area contributed by atoms with Gasteiger partial charge in [0.05, 0.1) is 6.04 Å². The maximum Gasteiger partial charge on any atom is 0.254 e. The Morgan fingerprint density at radius 2 is 1.74 bits per heavy atom. The van der Waals surface area contributed by atoms with Crippen molar-refractivity contribution in [1.29, 1.82) is 0 Å². The Hall–Kier alpha value is -2.13. The lowest BCUT2D eigenvalue weighted by molar-refractivity contribution is -0.0539. The van der Waals surface area contributed by atoms with Crippen molar-refractivity contribution in [3.05, 3.63) is 71.3 Å². The summed E-state index contributed by atoms with van der Waals surface area (Å²) in [4.78, 5) is 14.9. The number of carbonyl (C=O) groups excluding carboxylic acids is 1. The number of amides is 1. The normalized spacial score (nSPS) is 27.1. The van der Waals surface area contributed by atoms with Crippen molar-refractivity contribution in [3.63, 3.8) is 0 Å². The highest BCUT2D eigenvalue weighted by atomic mass is 16.3. The SMILES string of the molecule is O=C1c2ccccc2C[C@@](O)(c2ccccc2)[C@@H]2CCCCN12. The van der Waals surface area contributed by atoms with Crippen molar-refractivity contribution in [1.82, 2.24) is 4.90 Å². The lowest BCUT2D eigenvalue weighted by Gasteiger charge is -2.44. The molecule has 4 rings (SSSR count). The van der Waals surface area contributed by atoms with E-state index in [1.807, 2.05) is 59.5 Å². The fraction of sp³-hybridized carbons (Fsp3) is 0.350. The van der Waals surface area contributed by atoms with Crippen LogP contribution < -0.4 is 0 Å². The Labute approximate surface area is 136 Å². The summed E-state index contributed by atoms with van der Waals surface area (Å²) in [6, 6.07) is 17.4. The first-order valence-electron chi connectivity index (χ1n) is 8.37. The lowest BCUT2D eigenvalue weighted by atomic mass is 9.78. The van der Waals surface area contributed by atoms with E-state index in [4.69, 9.17) is 0 Å². The zero-order valence-electron chi connectivity index (χ0n) is 13.1. The first-order valence-corrected chi connectivity index (χ1v) is 8.37. The molecule has 0 radical (unpaired) electrons. The van der Waals surface area contributed by atoms with Gasteiger partial charge < -0.3 is 10.0 Å². The summed E-state index contributed by atoms with van der Waals surface area (Å²) in [5, 5.41) is 11.7. The van der Waals surface area contributed by atoms with E-state index in [1.54, 1.807) is 0 Å². The first-order chi connectivity index (χ1) is 11.2. The average molecular weight is 307 g/mol. The maximum absolute atomic E-state index is 13.0. The summed E-state index contributed by atoms with van der Waals surface area (Å²) < 4.78 is 0. The van der Waals surface area contributed by atoms with Crippen molar-refractivity contribution in [2.45, 2.75) is 37.3 Å². The molecule has 2 aromatic carbocycles. The second-order valence-corrected chi connectivity index (χ2v) is 6.63. The van der Waals surface area contributed by atoms with E-state index in [1.165, 1.54) is 0 Å². The van der Waals surface area contributed by atoms with Gasteiger partial charge in [0, 0.05) is 18.5 Å². The van der Waals surface area contributed by atoms with Crippen LogP contribution in [0.3, 0.4) is 0 Å². The van der Waals surface area contributed by atoms with Crippen LogP contribution in [0.2, 0.25) is 0 Å². The molecule has 0 aromatic heterocycles. The molecule has 2 heterocycles. The van der Waals surface area contributed by atoms with Gasteiger partial charge in [0.2, 0.25) is 0 Å². The first kappa shape index (κ1) is 14.5. The number of carbonyl (C=O) groups is 1. The molecule has 0 saturated carbocycles. The minimum absolute atomic E-state index is 0.0668. The van der Waals surface area contributed by atoms with E-state index in [2.05, 4.69) is 0 Å². The van der Waals surface area contributed by atoms with E-state index in [0.717, 1.165) is 42.5 Å². The summed E-state index contributed by atoms with van der Waals surface area (Å²) in [7, 11) is 0. The van der Waals surface area contributed by atoms with Crippen molar-refractivity contribution in [2.75, 3.05) is 6.54 Å². The second-order valence-electron chi connectivity index (χ2n) is 6.63. The maximum atomic E-state index is 13.0. The average Bonchev–Trinajstić information content (AvgIpc) is 2.71. The van der Waals surface area contributed by atoms with Gasteiger partial charge in [-0.15, -0.1) is 0 Å². The summed E-state index contributed by atoms with van der Waals surface area (Å²) in [5.74, 6) is 0.0668. The van der Waals surface area contributed by atoms with Gasteiger partial charge in [0.15, 0.2) is 0 Å². The molecule has 0 unspecified atom stereocenters. The molecule has 1 fully saturated rings. The van der Waals surface area contributed by atoms with Crippen molar-refractivity contribution >= 4 is 5.91 Å². The molecule has 23 heavy (non-hydrogen) atoms. The molecule has 1 amide bonds. The van der Waals surface area contributed by atoms with Gasteiger partial charge in [-0.05, 0) is 36.5 Å². The van der Waals surface area contributed by atoms with Crippen molar-refractivity contribution < 1.29 is 9.90 Å². The Kier molecular flexibility index (Phi) is 3.46. The van der Waals surface area contributed by atoms with E-state index in [-0.39, 0.29) is 11.9 Å². The summed E-state index contributed by atoms with van der Waals surface area (Å²) in [6.07, 6.45) is 3.40. The summed E-state index contributed by atoms with van der Waals surface area (Å²) in [6.45, 7) is 0.729. The number of hydrogen-bond donors (Lipinski definition) is 1. The van der Waals surface area contributed by atoms with Crippen LogP contribution in [0.15, 0.2) is 54.6 Å². The molecule has 0 spiro atoms. The molecule has 1 saturated heterocycles. The molecule has 118 valence electrons. The number of hydrogen-bond acceptors (Lipinski definition) is 2. The van der Waals surface area contributed by atoms with Gasteiger partial charge in [-0.3, -0.25) is 4.79 Å². The van der Waals surface area contributed by atoms with Crippen LogP contribution in [0, 0.1) is 0 Å². The highest BCUT2D eigenvalue weighted by Gasteiger charge is 2.47. The zero-order valence-corrected chi connectivity index (χ0v) is 13.1. The van der Waals surface area contributed by atoms with Crippen LogP contribution in [0.4, 0.5) is 0 Å². The minimum atomic E-state index is -1.02. The van der Waals surface area contributed by atoms with Crippen LogP contribution in [0.5, 0.6) is 0 Å². The van der Waals surface area contributed by atoms with E-state index < -0.39 is 5.60 Å². The monoisotopic (exact) mass is 307 g/mol. The van der Waals surface area contributed by atoms with Crippen molar-refractivity contribution in [3.8, 4) is 0 Å². The largest absolute Gasteiger partial charge is 0.383 e. The van der Waals surface area contributed by atoms with E-state index >= 15 is 0 Å². The third kappa shape index (κ3) is 2.27. The Morgan fingerprint density at radius 1 is 1.00 bits per heavy atom. The number of nitrogens with zero attached hydrogens (tertiary/aromatic N) is 1. The van der Waals surface area contributed by atoms with Crippen LogP contribution in [-0.4, -0.2) is 28.5 Å². The third-order valence-electron chi connectivity index (χ3n) is 5.30. The Bertz CT molecular complexity index is 727. The molecule has 2 aromatic rings. The highest BCUT2D eigenvalue weighted by Crippen LogP contribution is 2.40. The predicted molar refractivity (Wildman–Crippen MR) is 89.2 cm³/mol. The predicted octanol–water partition coefficient (Wildman–Crippen LogP) is 3.13. The van der Waals surface area contributed by atoms with Gasteiger partial charge in [0.1, 0.15) is 5.60 Å². The van der Waals surface area contributed by atoms with Crippen LogP contribution in [0.1, 0.15) is 40.7 Å². The highest BCUT2D eigenvalue weighted by molar-refractivity contribution is 5.96. The van der Waals surface area contributed by atoms with Gasteiger partial charge >= 0.3 is 0 Å². The molecule has 3 heteroatoms. The molecule has 0 aliphatic carbocycles. The molecule has 1 N–H and O–H groups in total. The Morgan fingerprint density at radius 3 is 2.57 bits per heavy atom. The number of fused-ring (bicyclic) bond motifs is 2. The van der Waals surface area contributed by atoms with Crippen molar-refractivity contribution in [2.24, 2.45) is 0 Å². The minimum Gasteiger partial charge on any atom is -0.383 e. The Balaban J connectivity index is 1.90. The zero-order chi connectivity index (χ0) is 15.9. The summed E-state index contributed by atoms with van der Waals surface area (Å²) >= 11 is 0. The van der Waals surface area contributed by atoms with Crippen LogP contribution >= 0.6 is 0 Å².